The summed E-state index contributed by atoms with van der Waals surface area (Å²) in [6.07, 6.45) is 1.79. The van der Waals surface area contributed by atoms with Gasteiger partial charge in [-0.25, -0.2) is 4.79 Å². The monoisotopic (exact) mass is 478 g/mol. The van der Waals surface area contributed by atoms with Gasteiger partial charge in [0.1, 0.15) is 13.7 Å². The molecule has 152 valence electrons. The maximum atomic E-state index is 12.0. The van der Waals surface area contributed by atoms with Gasteiger partial charge in [-0.3, -0.25) is 0 Å². The van der Waals surface area contributed by atoms with Crippen molar-refractivity contribution in [3.05, 3.63) is 74.7 Å². The van der Waals surface area contributed by atoms with Crippen molar-refractivity contribution in [2.45, 2.75) is 13.5 Å². The summed E-state index contributed by atoms with van der Waals surface area (Å²) < 4.78 is 5.29. The summed E-state index contributed by atoms with van der Waals surface area (Å²) in [4.78, 5) is 22.3. The normalized spacial score (nSPS) is 12.5. The summed E-state index contributed by atoms with van der Waals surface area (Å²) in [6.45, 7) is 1.98. The highest BCUT2D eigenvalue weighted by atomic mass is 79.9. The minimum absolute atomic E-state index is 0.0565. The summed E-state index contributed by atoms with van der Waals surface area (Å²) in [7, 11) is 2.65. The predicted molar refractivity (Wildman–Crippen MR) is 118 cm³/mol. The number of esters is 1. The van der Waals surface area contributed by atoms with Crippen LogP contribution in [0.25, 0.3) is 6.08 Å². The summed E-state index contributed by atoms with van der Waals surface area (Å²) in [5, 5.41) is 7.97. The van der Waals surface area contributed by atoms with Gasteiger partial charge in [-0.05, 0) is 46.1 Å². The SMILES string of the molecule is CO/N=C(/C(=O)OC)c1ccccc1CON=C(C)c1cccc(C=C(Cl)Br)c1. The van der Waals surface area contributed by atoms with E-state index in [1.54, 1.807) is 18.2 Å². The van der Waals surface area contributed by atoms with E-state index in [2.05, 4.69) is 26.2 Å². The first-order chi connectivity index (χ1) is 14.0. The number of methoxy groups -OCH3 is 1. The minimum atomic E-state index is -0.602. The summed E-state index contributed by atoms with van der Waals surface area (Å²) in [5.74, 6) is -0.602. The Bertz CT molecular complexity index is 953. The first kappa shape index (κ1) is 22.6. The van der Waals surface area contributed by atoms with Crippen LogP contribution < -0.4 is 0 Å². The molecule has 0 saturated carbocycles. The number of benzene rings is 2. The molecule has 2 aromatic rings. The highest BCUT2D eigenvalue weighted by molar-refractivity contribution is 9.12. The highest BCUT2D eigenvalue weighted by Crippen LogP contribution is 2.18. The second-order valence-corrected chi connectivity index (χ2v) is 7.50. The van der Waals surface area contributed by atoms with Gasteiger partial charge in [0.2, 0.25) is 0 Å². The number of carbonyl (C=O) groups excluding carboxylic acids is 1. The zero-order valence-electron chi connectivity index (χ0n) is 16.2. The number of rotatable bonds is 8. The number of hydrogen-bond donors (Lipinski definition) is 0. The molecule has 0 fully saturated rings. The van der Waals surface area contributed by atoms with Gasteiger partial charge in [0, 0.05) is 11.1 Å². The summed E-state index contributed by atoms with van der Waals surface area (Å²) in [5.41, 5.74) is 3.85. The number of carbonyl (C=O) groups is 1. The van der Waals surface area contributed by atoms with Gasteiger partial charge < -0.3 is 14.4 Å². The third kappa shape index (κ3) is 6.73. The Morgan fingerprint density at radius 1 is 1.14 bits per heavy atom. The molecule has 0 aliphatic rings. The van der Waals surface area contributed by atoms with Gasteiger partial charge in [-0.2, -0.15) is 0 Å². The average Bonchev–Trinajstić information content (AvgIpc) is 2.71. The van der Waals surface area contributed by atoms with Crippen LogP contribution in [0.5, 0.6) is 0 Å². The lowest BCUT2D eigenvalue weighted by Gasteiger charge is -2.10. The average molecular weight is 480 g/mol. The molecule has 0 aliphatic heterocycles. The van der Waals surface area contributed by atoms with Crippen molar-refractivity contribution in [3.8, 4) is 0 Å². The third-order valence-electron chi connectivity index (χ3n) is 3.84. The van der Waals surface area contributed by atoms with Crippen molar-refractivity contribution >= 4 is 51.0 Å². The lowest BCUT2D eigenvalue weighted by atomic mass is 10.0. The maximum Gasteiger partial charge on any atom is 0.360 e. The predicted octanol–water partition coefficient (Wildman–Crippen LogP) is 5.08. The second-order valence-electron chi connectivity index (χ2n) is 5.78. The van der Waals surface area contributed by atoms with Crippen molar-refractivity contribution in [1.29, 1.82) is 0 Å². The van der Waals surface area contributed by atoms with Crippen molar-refractivity contribution in [3.63, 3.8) is 0 Å². The van der Waals surface area contributed by atoms with Crippen molar-refractivity contribution in [2.75, 3.05) is 14.2 Å². The van der Waals surface area contributed by atoms with E-state index >= 15 is 0 Å². The van der Waals surface area contributed by atoms with E-state index in [0.29, 0.717) is 20.8 Å². The Kier molecular flexibility index (Phi) is 8.89. The second kappa shape index (κ2) is 11.4. The molecule has 0 saturated heterocycles. The van der Waals surface area contributed by atoms with E-state index in [1.807, 2.05) is 43.3 Å². The van der Waals surface area contributed by atoms with E-state index in [9.17, 15) is 4.79 Å². The van der Waals surface area contributed by atoms with Gasteiger partial charge in [0.25, 0.3) is 0 Å². The van der Waals surface area contributed by atoms with E-state index in [4.69, 9.17) is 26.0 Å². The van der Waals surface area contributed by atoms with Crippen LogP contribution in [0.1, 0.15) is 29.2 Å². The van der Waals surface area contributed by atoms with Crippen LogP contribution in [-0.4, -0.2) is 31.6 Å². The Balaban J connectivity index is 2.19. The molecule has 29 heavy (non-hydrogen) atoms. The first-order valence-corrected chi connectivity index (χ1v) is 9.70. The Hall–Kier alpha value is -2.64. The summed E-state index contributed by atoms with van der Waals surface area (Å²) in [6, 6.07) is 14.9. The van der Waals surface area contributed by atoms with Crippen LogP contribution in [0.15, 0.2) is 62.8 Å². The van der Waals surface area contributed by atoms with Gasteiger partial charge in [-0.1, -0.05) is 64.4 Å². The largest absolute Gasteiger partial charge is 0.464 e. The zero-order valence-corrected chi connectivity index (χ0v) is 18.5. The molecule has 0 heterocycles. The number of ether oxygens (including phenoxy) is 1. The first-order valence-electron chi connectivity index (χ1n) is 8.53. The molecule has 8 heteroatoms. The Morgan fingerprint density at radius 3 is 2.59 bits per heavy atom. The van der Waals surface area contributed by atoms with E-state index in [0.717, 1.165) is 11.1 Å². The van der Waals surface area contributed by atoms with Crippen LogP contribution in [0.2, 0.25) is 0 Å². The molecule has 0 aromatic heterocycles. The Labute approximate surface area is 182 Å². The molecule has 0 unspecified atom stereocenters. The summed E-state index contributed by atoms with van der Waals surface area (Å²) >= 11 is 9.07. The molecule has 0 radical (unpaired) electrons. The fourth-order valence-electron chi connectivity index (χ4n) is 2.49. The molecule has 6 nitrogen and oxygen atoms in total. The number of halogens is 2. The zero-order chi connectivity index (χ0) is 21.2. The number of nitrogens with zero attached hydrogens (tertiary/aromatic N) is 2. The standard InChI is InChI=1S/C21H20BrClN2O4/c1-14(16-9-6-7-15(11-16)12-19(22)23)24-29-13-17-8-4-5-10-18(17)20(25-28-3)21(26)27-2/h4-12H,13H2,1-3H3/b19-12?,24-14?,25-20+. The van der Waals surface area contributed by atoms with Crippen LogP contribution in [0, 0.1) is 0 Å². The molecule has 0 N–H and O–H groups in total. The fourth-order valence-corrected chi connectivity index (χ4v) is 2.88. The molecule has 0 bridgehead atoms. The third-order valence-corrected chi connectivity index (χ3v) is 4.17. The van der Waals surface area contributed by atoms with Gasteiger partial charge >= 0.3 is 5.97 Å². The van der Waals surface area contributed by atoms with E-state index < -0.39 is 5.97 Å². The van der Waals surface area contributed by atoms with E-state index in [-0.39, 0.29) is 12.3 Å². The minimum Gasteiger partial charge on any atom is -0.464 e. The quantitative estimate of drug-likeness (QED) is 0.301. The highest BCUT2D eigenvalue weighted by Gasteiger charge is 2.19. The molecule has 2 rings (SSSR count). The Morgan fingerprint density at radius 2 is 1.90 bits per heavy atom. The van der Waals surface area contributed by atoms with Gasteiger partial charge in [-0.15, -0.1) is 0 Å². The van der Waals surface area contributed by atoms with Crippen molar-refractivity contribution in [1.82, 2.24) is 0 Å². The number of hydrogen-bond acceptors (Lipinski definition) is 6. The molecular weight excluding hydrogens is 460 g/mol. The number of oxime groups is 2. The van der Waals surface area contributed by atoms with Crippen LogP contribution >= 0.6 is 27.5 Å². The van der Waals surface area contributed by atoms with Crippen molar-refractivity contribution < 1.29 is 19.2 Å². The molecule has 0 atom stereocenters. The molecule has 2 aromatic carbocycles. The van der Waals surface area contributed by atoms with Crippen LogP contribution in [-0.2, 0) is 25.8 Å². The molecule has 0 amide bonds. The van der Waals surface area contributed by atoms with Gasteiger partial charge in [0.15, 0.2) is 5.71 Å². The van der Waals surface area contributed by atoms with Gasteiger partial charge in [0.05, 0.1) is 16.8 Å². The molecule has 0 spiro atoms. The topological polar surface area (TPSA) is 69.5 Å². The fraction of sp³-hybridized carbons (Fsp3) is 0.190. The van der Waals surface area contributed by atoms with Crippen LogP contribution in [0.4, 0.5) is 0 Å². The smallest absolute Gasteiger partial charge is 0.360 e. The lowest BCUT2D eigenvalue weighted by Crippen LogP contribution is -2.19. The maximum absolute atomic E-state index is 12.0. The van der Waals surface area contributed by atoms with Crippen LogP contribution in [0.3, 0.4) is 0 Å². The molecular formula is C21H20BrClN2O4. The van der Waals surface area contributed by atoms with Crippen molar-refractivity contribution in [2.24, 2.45) is 10.3 Å². The lowest BCUT2D eigenvalue weighted by molar-refractivity contribution is -0.132. The van der Waals surface area contributed by atoms with E-state index in [1.165, 1.54) is 14.2 Å². The molecule has 0 aliphatic carbocycles.